The van der Waals surface area contributed by atoms with Crippen LogP contribution in [-0.4, -0.2) is 38.1 Å². The number of nitrogens with zero attached hydrogens (tertiary/aromatic N) is 1. The van der Waals surface area contributed by atoms with Crippen molar-refractivity contribution in [2.45, 2.75) is 12.5 Å². The maximum absolute atomic E-state index is 12.8. The van der Waals surface area contributed by atoms with Crippen molar-refractivity contribution in [2.75, 3.05) is 25.2 Å². The summed E-state index contributed by atoms with van der Waals surface area (Å²) in [5, 5.41) is 2.79. The molecule has 6 nitrogen and oxygen atoms in total. The number of carbonyl (C=O) groups excluding carboxylic acids is 2. The van der Waals surface area contributed by atoms with Gasteiger partial charge in [-0.2, -0.15) is 0 Å². The summed E-state index contributed by atoms with van der Waals surface area (Å²) < 4.78 is 23.3. The van der Waals surface area contributed by atoms with Gasteiger partial charge in [0.15, 0.2) is 6.61 Å². The van der Waals surface area contributed by atoms with Crippen molar-refractivity contribution in [3.63, 3.8) is 0 Å². The van der Waals surface area contributed by atoms with E-state index in [-0.39, 0.29) is 36.7 Å². The topological polar surface area (TPSA) is 67.9 Å². The zero-order chi connectivity index (χ0) is 18.5. The lowest BCUT2D eigenvalue weighted by atomic mass is 10.2. The Labute approximate surface area is 150 Å². The van der Waals surface area contributed by atoms with E-state index in [2.05, 4.69) is 5.32 Å². The normalized spacial score (nSPS) is 16.5. The molecule has 0 aromatic heterocycles. The van der Waals surface area contributed by atoms with Crippen LogP contribution in [0.4, 0.5) is 10.1 Å². The lowest BCUT2D eigenvalue weighted by molar-refractivity contribution is -0.123. The first kappa shape index (κ1) is 17.7. The summed E-state index contributed by atoms with van der Waals surface area (Å²) in [7, 11) is 1.56. The lowest BCUT2D eigenvalue weighted by Gasteiger charge is -2.18. The molecule has 2 aromatic rings. The molecule has 1 atom stereocenters. The van der Waals surface area contributed by atoms with Gasteiger partial charge >= 0.3 is 0 Å². The molecule has 136 valence electrons. The SMILES string of the molecule is COc1cccc(N2C[C@H](NC(=O)COc3ccc(F)cc3)CC2=O)c1. The van der Waals surface area contributed by atoms with Gasteiger partial charge in [-0.1, -0.05) is 6.07 Å². The summed E-state index contributed by atoms with van der Waals surface area (Å²) in [5.41, 5.74) is 0.730. The molecule has 1 aliphatic rings. The summed E-state index contributed by atoms with van der Waals surface area (Å²) in [4.78, 5) is 25.9. The number of rotatable bonds is 6. The highest BCUT2D eigenvalue weighted by Crippen LogP contribution is 2.25. The van der Waals surface area contributed by atoms with Crippen LogP contribution in [-0.2, 0) is 9.59 Å². The quantitative estimate of drug-likeness (QED) is 0.859. The molecule has 1 saturated heterocycles. The molecule has 1 fully saturated rings. The Morgan fingerprint density at radius 2 is 2.00 bits per heavy atom. The van der Waals surface area contributed by atoms with E-state index in [1.165, 1.54) is 24.3 Å². The Balaban J connectivity index is 1.53. The van der Waals surface area contributed by atoms with E-state index in [1.807, 2.05) is 12.1 Å². The molecule has 0 aliphatic carbocycles. The zero-order valence-electron chi connectivity index (χ0n) is 14.3. The number of methoxy groups -OCH3 is 1. The average Bonchev–Trinajstić information content (AvgIpc) is 3.01. The highest BCUT2D eigenvalue weighted by Gasteiger charge is 2.31. The monoisotopic (exact) mass is 358 g/mol. The predicted octanol–water partition coefficient (Wildman–Crippen LogP) is 2.13. The minimum absolute atomic E-state index is 0.0667. The molecule has 7 heteroatoms. The molecule has 1 N–H and O–H groups in total. The smallest absolute Gasteiger partial charge is 0.258 e. The van der Waals surface area contributed by atoms with Crippen molar-refractivity contribution in [2.24, 2.45) is 0 Å². The second kappa shape index (κ2) is 7.86. The number of hydrogen-bond acceptors (Lipinski definition) is 4. The van der Waals surface area contributed by atoms with Crippen LogP contribution in [0.2, 0.25) is 0 Å². The predicted molar refractivity (Wildman–Crippen MR) is 93.8 cm³/mol. The second-order valence-corrected chi connectivity index (χ2v) is 5.92. The van der Waals surface area contributed by atoms with Crippen molar-refractivity contribution in [1.82, 2.24) is 5.32 Å². The number of halogens is 1. The van der Waals surface area contributed by atoms with E-state index in [4.69, 9.17) is 9.47 Å². The molecule has 1 aliphatic heterocycles. The van der Waals surface area contributed by atoms with Crippen LogP contribution in [0.5, 0.6) is 11.5 Å². The molecule has 3 rings (SSSR count). The number of anilines is 1. The van der Waals surface area contributed by atoms with Gasteiger partial charge in [-0.15, -0.1) is 0 Å². The Bertz CT molecular complexity index is 794. The third-order valence-corrected chi connectivity index (χ3v) is 4.04. The first-order chi connectivity index (χ1) is 12.5. The fourth-order valence-corrected chi connectivity index (χ4v) is 2.78. The van der Waals surface area contributed by atoms with Gasteiger partial charge in [-0.3, -0.25) is 9.59 Å². The summed E-state index contributed by atoms with van der Waals surface area (Å²) >= 11 is 0. The van der Waals surface area contributed by atoms with E-state index >= 15 is 0 Å². The first-order valence-electron chi connectivity index (χ1n) is 8.17. The van der Waals surface area contributed by atoms with Crippen LogP contribution in [0.25, 0.3) is 0 Å². The van der Waals surface area contributed by atoms with Crippen molar-refractivity contribution < 1.29 is 23.5 Å². The molecule has 0 saturated carbocycles. The Morgan fingerprint density at radius 1 is 1.23 bits per heavy atom. The van der Waals surface area contributed by atoms with Crippen molar-refractivity contribution in [3.05, 3.63) is 54.3 Å². The average molecular weight is 358 g/mol. The molecule has 0 spiro atoms. The summed E-state index contributed by atoms with van der Waals surface area (Å²) in [6, 6.07) is 12.3. The maximum Gasteiger partial charge on any atom is 0.258 e. The van der Waals surface area contributed by atoms with Crippen LogP contribution in [0, 0.1) is 5.82 Å². The number of ether oxygens (including phenoxy) is 2. The van der Waals surface area contributed by atoms with Gasteiger partial charge in [0.25, 0.3) is 5.91 Å². The van der Waals surface area contributed by atoms with Gasteiger partial charge in [0.2, 0.25) is 5.91 Å². The minimum Gasteiger partial charge on any atom is -0.497 e. The van der Waals surface area contributed by atoms with E-state index in [0.717, 1.165) is 5.69 Å². The summed E-state index contributed by atoms with van der Waals surface area (Å²) in [6.45, 7) is 0.184. The molecule has 2 aromatic carbocycles. The zero-order valence-corrected chi connectivity index (χ0v) is 14.3. The molecule has 0 unspecified atom stereocenters. The third kappa shape index (κ3) is 4.30. The molecular formula is C19H19FN2O4. The van der Waals surface area contributed by atoms with Gasteiger partial charge in [0.05, 0.1) is 13.2 Å². The van der Waals surface area contributed by atoms with Crippen LogP contribution >= 0.6 is 0 Å². The number of nitrogens with one attached hydrogen (secondary N) is 1. The fourth-order valence-electron chi connectivity index (χ4n) is 2.78. The summed E-state index contributed by atoms with van der Waals surface area (Å²) in [5.74, 6) is 0.295. The third-order valence-electron chi connectivity index (χ3n) is 4.04. The summed E-state index contributed by atoms with van der Waals surface area (Å²) in [6.07, 6.45) is 0.222. The van der Waals surface area contributed by atoms with E-state index in [9.17, 15) is 14.0 Å². The highest BCUT2D eigenvalue weighted by molar-refractivity contribution is 5.97. The molecule has 0 bridgehead atoms. The molecule has 0 radical (unpaired) electrons. The van der Waals surface area contributed by atoms with Crippen molar-refractivity contribution in [3.8, 4) is 11.5 Å². The molecule has 1 heterocycles. The molecule has 2 amide bonds. The van der Waals surface area contributed by atoms with Crippen LogP contribution < -0.4 is 19.7 Å². The Kier molecular flexibility index (Phi) is 5.36. The van der Waals surface area contributed by atoms with Gasteiger partial charge in [-0.05, 0) is 36.4 Å². The van der Waals surface area contributed by atoms with Gasteiger partial charge in [0.1, 0.15) is 17.3 Å². The van der Waals surface area contributed by atoms with Crippen molar-refractivity contribution >= 4 is 17.5 Å². The second-order valence-electron chi connectivity index (χ2n) is 5.92. The van der Waals surface area contributed by atoms with E-state index in [0.29, 0.717) is 18.0 Å². The maximum atomic E-state index is 12.8. The number of amides is 2. The van der Waals surface area contributed by atoms with Crippen LogP contribution in [0.15, 0.2) is 48.5 Å². The molecular weight excluding hydrogens is 339 g/mol. The lowest BCUT2D eigenvalue weighted by Crippen LogP contribution is -2.39. The van der Waals surface area contributed by atoms with Crippen LogP contribution in [0.3, 0.4) is 0 Å². The van der Waals surface area contributed by atoms with Gasteiger partial charge in [-0.25, -0.2) is 4.39 Å². The van der Waals surface area contributed by atoms with Gasteiger partial charge < -0.3 is 19.7 Å². The number of hydrogen-bond donors (Lipinski definition) is 1. The Hall–Kier alpha value is -3.09. The van der Waals surface area contributed by atoms with E-state index in [1.54, 1.807) is 24.1 Å². The van der Waals surface area contributed by atoms with Crippen LogP contribution in [0.1, 0.15) is 6.42 Å². The van der Waals surface area contributed by atoms with Gasteiger partial charge in [0, 0.05) is 24.7 Å². The van der Waals surface area contributed by atoms with Crippen molar-refractivity contribution in [1.29, 1.82) is 0 Å². The number of carbonyl (C=O) groups is 2. The fraction of sp³-hybridized carbons (Fsp3) is 0.263. The minimum atomic E-state index is -0.371. The standard InChI is InChI=1S/C19H19FN2O4/c1-25-17-4-2-3-15(10-17)22-11-14(9-19(22)24)21-18(23)12-26-16-7-5-13(20)6-8-16/h2-8,10,14H,9,11-12H2,1H3,(H,21,23)/t14-/m1/s1. The largest absolute Gasteiger partial charge is 0.497 e. The first-order valence-corrected chi connectivity index (χ1v) is 8.17. The van der Waals surface area contributed by atoms with E-state index < -0.39 is 0 Å². The molecule has 26 heavy (non-hydrogen) atoms. The highest BCUT2D eigenvalue weighted by atomic mass is 19.1. The Morgan fingerprint density at radius 3 is 2.73 bits per heavy atom. The number of benzene rings is 2.